The van der Waals surface area contributed by atoms with Gasteiger partial charge in [0.15, 0.2) is 5.78 Å². The van der Waals surface area contributed by atoms with Gasteiger partial charge in [-0.3, -0.25) is 19.7 Å². The minimum absolute atomic E-state index is 0.129. The normalized spacial score (nSPS) is 11.2. The fourth-order valence-electron chi connectivity index (χ4n) is 3.51. The van der Waals surface area contributed by atoms with E-state index in [1.807, 2.05) is 6.92 Å². The van der Waals surface area contributed by atoms with Gasteiger partial charge in [-0.1, -0.05) is 25.1 Å². The highest BCUT2D eigenvalue weighted by Gasteiger charge is 2.23. The summed E-state index contributed by atoms with van der Waals surface area (Å²) >= 11 is 0. The molecule has 0 bridgehead atoms. The van der Waals surface area contributed by atoms with E-state index in [9.17, 15) is 24.5 Å². The average molecular weight is 496 g/mol. The summed E-state index contributed by atoms with van der Waals surface area (Å²) in [6.07, 6.45) is 0.272. The molecule has 2 amide bonds. The molecule has 11 nitrogen and oxygen atoms in total. The largest absolute Gasteiger partial charge is 0.444 e. The third kappa shape index (κ3) is 6.65. The molecule has 0 aliphatic heterocycles. The monoisotopic (exact) mass is 495 g/mol. The van der Waals surface area contributed by atoms with Gasteiger partial charge in [0.1, 0.15) is 11.4 Å². The van der Waals surface area contributed by atoms with Gasteiger partial charge in [0.25, 0.3) is 11.6 Å². The van der Waals surface area contributed by atoms with Crippen LogP contribution in [0.25, 0.3) is 11.0 Å². The number of amides is 2. The second-order valence-electron chi connectivity index (χ2n) is 9.20. The van der Waals surface area contributed by atoms with Crippen LogP contribution in [0.3, 0.4) is 0 Å². The molecular weight excluding hydrogens is 466 g/mol. The van der Waals surface area contributed by atoms with Crippen LogP contribution in [0, 0.1) is 10.1 Å². The van der Waals surface area contributed by atoms with Crippen molar-refractivity contribution in [1.82, 2.24) is 20.2 Å². The quantitative estimate of drug-likeness (QED) is 0.256. The summed E-state index contributed by atoms with van der Waals surface area (Å²) in [7, 11) is 0. The lowest BCUT2D eigenvalue weighted by Gasteiger charge is -2.26. The lowest BCUT2D eigenvalue weighted by atomic mass is 10.1. The molecule has 0 unspecified atom stereocenters. The predicted molar refractivity (Wildman–Crippen MR) is 133 cm³/mol. The molecule has 3 rings (SSSR count). The summed E-state index contributed by atoms with van der Waals surface area (Å²) in [5.41, 5.74) is 0.564. The molecule has 0 saturated heterocycles. The minimum Gasteiger partial charge on any atom is -0.444 e. The maximum Gasteiger partial charge on any atom is 0.410 e. The number of nitro groups is 1. The zero-order valence-electron chi connectivity index (χ0n) is 20.7. The first-order valence-corrected chi connectivity index (χ1v) is 11.5. The van der Waals surface area contributed by atoms with Crippen LogP contribution in [0.1, 0.15) is 60.7 Å². The molecule has 0 saturated carbocycles. The molecule has 36 heavy (non-hydrogen) atoms. The van der Waals surface area contributed by atoms with Gasteiger partial charge in [-0.15, -0.1) is 0 Å². The summed E-state index contributed by atoms with van der Waals surface area (Å²) in [4.78, 5) is 57.4. The van der Waals surface area contributed by atoms with Crippen LogP contribution >= 0.6 is 0 Å². The topological polar surface area (TPSA) is 148 Å². The minimum atomic E-state index is -0.635. The summed E-state index contributed by atoms with van der Waals surface area (Å²) in [5, 5.41) is 13.5. The molecule has 2 N–H and O–H groups in total. The Morgan fingerprint density at radius 1 is 1.17 bits per heavy atom. The molecule has 0 fully saturated rings. The third-order valence-electron chi connectivity index (χ3n) is 5.09. The zero-order chi connectivity index (χ0) is 26.5. The molecule has 2 aromatic carbocycles. The van der Waals surface area contributed by atoms with Crippen LogP contribution in [0.2, 0.25) is 0 Å². The molecule has 0 aliphatic rings. The molecular formula is C25H29N5O6. The third-order valence-corrected chi connectivity index (χ3v) is 5.09. The number of nitrogens with zero attached hydrogens (tertiary/aromatic N) is 3. The number of para-hydroxylation sites is 1. The number of nitrogens with one attached hydrogen (secondary N) is 2. The highest BCUT2D eigenvalue weighted by atomic mass is 16.6. The van der Waals surface area contributed by atoms with Crippen molar-refractivity contribution in [2.75, 3.05) is 13.1 Å². The van der Waals surface area contributed by atoms with Crippen molar-refractivity contribution < 1.29 is 24.0 Å². The molecule has 190 valence electrons. The lowest BCUT2D eigenvalue weighted by Crippen LogP contribution is -2.37. The summed E-state index contributed by atoms with van der Waals surface area (Å²) in [6.45, 7) is 7.65. The number of H-pyrrole nitrogens is 1. The van der Waals surface area contributed by atoms with Gasteiger partial charge in [0, 0.05) is 24.2 Å². The average Bonchev–Trinajstić information content (AvgIpc) is 3.23. The number of ketones is 1. The van der Waals surface area contributed by atoms with Crippen molar-refractivity contribution >= 4 is 34.5 Å². The van der Waals surface area contributed by atoms with E-state index in [2.05, 4.69) is 15.3 Å². The van der Waals surface area contributed by atoms with Gasteiger partial charge in [-0.2, -0.15) is 0 Å². The number of non-ortho nitro benzene ring substituents is 1. The molecule has 0 spiro atoms. The number of aromatic amines is 1. The number of nitro benzene ring substituents is 1. The predicted octanol–water partition coefficient (Wildman–Crippen LogP) is 4.23. The Bertz CT molecular complexity index is 1290. The fourth-order valence-corrected chi connectivity index (χ4v) is 3.51. The summed E-state index contributed by atoms with van der Waals surface area (Å²) < 4.78 is 5.48. The van der Waals surface area contributed by atoms with Gasteiger partial charge in [-0.25, -0.2) is 9.78 Å². The maximum atomic E-state index is 12.9. The van der Waals surface area contributed by atoms with Crippen LogP contribution in [0.4, 0.5) is 10.5 Å². The van der Waals surface area contributed by atoms with E-state index in [0.29, 0.717) is 23.4 Å². The number of hydrogen-bond acceptors (Lipinski definition) is 7. The van der Waals surface area contributed by atoms with Crippen molar-refractivity contribution in [2.24, 2.45) is 0 Å². The van der Waals surface area contributed by atoms with Crippen LogP contribution < -0.4 is 5.32 Å². The van der Waals surface area contributed by atoms with Crippen LogP contribution in [-0.2, 0) is 11.3 Å². The standard InChI is InChI=1S/C25H29N5O6/c1-5-12-29(24(33)36-25(2,3)4)15-21-27-19-11-7-10-18(22(19)28-21)23(32)26-14-20(31)16-8-6-9-17(13-16)30(34)35/h6-11,13H,5,12,14-15H2,1-4H3,(H,26,32)(H,27,28). The lowest BCUT2D eigenvalue weighted by molar-refractivity contribution is -0.384. The summed E-state index contributed by atoms with van der Waals surface area (Å²) in [5.74, 6) is -0.485. The van der Waals surface area contributed by atoms with Gasteiger partial charge in [0.2, 0.25) is 0 Å². The number of ether oxygens (including phenoxy) is 1. The van der Waals surface area contributed by atoms with Crippen molar-refractivity contribution in [2.45, 2.75) is 46.3 Å². The number of fused-ring (bicyclic) bond motifs is 1. The van der Waals surface area contributed by atoms with Crippen molar-refractivity contribution in [3.05, 3.63) is 69.5 Å². The number of aromatic nitrogens is 2. The second kappa shape index (κ2) is 11.0. The van der Waals surface area contributed by atoms with Gasteiger partial charge < -0.3 is 19.9 Å². The van der Waals surface area contributed by atoms with Gasteiger partial charge >= 0.3 is 6.09 Å². The van der Waals surface area contributed by atoms with Crippen molar-refractivity contribution in [3.63, 3.8) is 0 Å². The van der Waals surface area contributed by atoms with Crippen molar-refractivity contribution in [1.29, 1.82) is 0 Å². The van der Waals surface area contributed by atoms with Crippen LogP contribution in [-0.4, -0.2) is 56.3 Å². The number of rotatable bonds is 9. The number of carbonyl (C=O) groups excluding carboxylic acids is 3. The highest BCUT2D eigenvalue weighted by molar-refractivity contribution is 6.07. The Labute approximate surface area is 208 Å². The van der Waals surface area contributed by atoms with E-state index >= 15 is 0 Å². The first-order valence-electron chi connectivity index (χ1n) is 11.5. The molecule has 0 aliphatic carbocycles. The van der Waals surface area contributed by atoms with E-state index in [1.165, 1.54) is 24.3 Å². The van der Waals surface area contributed by atoms with Crippen molar-refractivity contribution in [3.8, 4) is 0 Å². The molecule has 0 atom stereocenters. The van der Waals surface area contributed by atoms with E-state index in [-0.39, 0.29) is 29.9 Å². The fraction of sp³-hybridized carbons (Fsp3) is 0.360. The van der Waals surface area contributed by atoms with E-state index in [4.69, 9.17) is 4.74 Å². The maximum absolute atomic E-state index is 12.9. The number of benzene rings is 2. The molecule has 1 aromatic heterocycles. The Hall–Kier alpha value is -4.28. The number of imidazole rings is 1. The first kappa shape index (κ1) is 26.3. The Kier molecular flexibility index (Phi) is 8.03. The molecule has 3 aromatic rings. The second-order valence-corrected chi connectivity index (χ2v) is 9.20. The van der Waals surface area contributed by atoms with E-state index in [1.54, 1.807) is 43.9 Å². The van der Waals surface area contributed by atoms with E-state index in [0.717, 1.165) is 6.42 Å². The van der Waals surface area contributed by atoms with Crippen LogP contribution in [0.5, 0.6) is 0 Å². The van der Waals surface area contributed by atoms with Crippen LogP contribution in [0.15, 0.2) is 42.5 Å². The Morgan fingerprint density at radius 2 is 1.89 bits per heavy atom. The number of hydrogen-bond donors (Lipinski definition) is 2. The molecule has 1 heterocycles. The molecule has 0 radical (unpaired) electrons. The van der Waals surface area contributed by atoms with E-state index < -0.39 is 28.3 Å². The smallest absolute Gasteiger partial charge is 0.410 e. The Balaban J connectivity index is 1.74. The first-order chi connectivity index (χ1) is 17.0. The Morgan fingerprint density at radius 3 is 2.56 bits per heavy atom. The number of Topliss-reactive ketones (excluding diaryl/α,β-unsaturated/α-hetero) is 1. The zero-order valence-corrected chi connectivity index (χ0v) is 20.7. The van der Waals surface area contributed by atoms with Gasteiger partial charge in [-0.05, 0) is 39.3 Å². The summed E-state index contributed by atoms with van der Waals surface area (Å²) in [6, 6.07) is 10.3. The highest BCUT2D eigenvalue weighted by Crippen LogP contribution is 2.19. The molecule has 11 heteroatoms. The SMILES string of the molecule is CCCN(Cc1nc2cccc(C(=O)NCC(=O)c3cccc([N+](=O)[O-])c3)c2[nH]1)C(=O)OC(C)(C)C. The number of carbonyl (C=O) groups is 3. The van der Waals surface area contributed by atoms with Gasteiger partial charge in [0.05, 0.1) is 34.6 Å².